The summed E-state index contributed by atoms with van der Waals surface area (Å²) in [5, 5.41) is 31.3. The lowest BCUT2D eigenvalue weighted by molar-refractivity contribution is 0.448. The lowest BCUT2D eigenvalue weighted by Gasteiger charge is -2.34. The summed E-state index contributed by atoms with van der Waals surface area (Å²) >= 11 is 0. The number of rotatable bonds is 9. The van der Waals surface area contributed by atoms with Crippen LogP contribution in [0.1, 0.15) is 105 Å². The largest absolute Gasteiger partial charge is 0.507 e. The second-order valence-electron chi connectivity index (χ2n) is 20.1. The van der Waals surface area contributed by atoms with Crippen LogP contribution in [-0.4, -0.2) is 23.3 Å². The van der Waals surface area contributed by atoms with E-state index in [1.54, 1.807) is 0 Å². The molecule has 0 amide bonds. The summed E-state index contributed by atoms with van der Waals surface area (Å²) in [4.78, 5) is 0. The topological polar surface area (TPSA) is 65.2 Å². The van der Waals surface area contributed by atoms with Gasteiger partial charge in [-0.2, -0.15) is 0 Å². The Balaban J connectivity index is 1.74. The van der Waals surface area contributed by atoms with Crippen LogP contribution >= 0.6 is 14.1 Å². The molecule has 0 aliphatic carbocycles. The second-order valence-corrected chi connectivity index (χ2v) is 26.3. The van der Waals surface area contributed by atoms with Crippen molar-refractivity contribution < 1.29 is 10.2 Å². The molecule has 4 nitrogen and oxygen atoms in total. The maximum absolute atomic E-state index is 12.6. The first-order chi connectivity index (χ1) is 28.1. The van der Waals surface area contributed by atoms with Gasteiger partial charge in [0, 0.05) is 43.0 Å². The van der Waals surface area contributed by atoms with Crippen molar-refractivity contribution in [2.24, 2.45) is 9.49 Å². The normalized spacial score (nSPS) is 12.9. The molecule has 0 spiro atoms. The second kappa shape index (κ2) is 17.0. The zero-order valence-electron chi connectivity index (χ0n) is 38.0. The lowest BCUT2D eigenvalue weighted by Crippen LogP contribution is -2.30. The van der Waals surface area contributed by atoms with Crippen molar-refractivity contribution in [2.45, 2.75) is 105 Å². The molecule has 6 rings (SSSR count). The van der Waals surface area contributed by atoms with Gasteiger partial charge >= 0.3 is 0 Å². The summed E-state index contributed by atoms with van der Waals surface area (Å²) in [5.74, 6) is 0.623. The quantitative estimate of drug-likeness (QED) is 0.113. The third-order valence-corrected chi connectivity index (χ3v) is 19.0. The summed E-state index contributed by atoms with van der Waals surface area (Å²) in [5.41, 5.74) is 3.19. The molecule has 314 valence electrons. The molecule has 60 heavy (non-hydrogen) atoms. The van der Waals surface area contributed by atoms with Crippen molar-refractivity contribution in [1.82, 2.24) is 0 Å². The Hall–Kier alpha value is -4.62. The van der Waals surface area contributed by atoms with E-state index in [-0.39, 0.29) is 21.7 Å². The van der Waals surface area contributed by atoms with E-state index in [9.17, 15) is 10.2 Å². The molecular formula is C54H66N2O2P2. The number of phenolic OH excluding ortho intramolecular Hbond substituents is 2. The molecule has 0 saturated heterocycles. The molecule has 0 radical (unpaired) electrons. The van der Waals surface area contributed by atoms with Gasteiger partial charge < -0.3 is 10.2 Å². The van der Waals surface area contributed by atoms with Crippen LogP contribution in [0.5, 0.6) is 11.5 Å². The number of nitrogens with zero attached hydrogens (tertiary/aromatic N) is 2. The molecule has 6 aromatic carbocycles. The summed E-state index contributed by atoms with van der Waals surface area (Å²) in [6.07, 6.45) is 0. The fraction of sp³-hybridized carbons (Fsp3) is 0.333. The Labute approximate surface area is 361 Å². The van der Waals surface area contributed by atoms with Crippen molar-refractivity contribution in [3.8, 4) is 11.5 Å². The Bertz CT molecular complexity index is 2270. The van der Waals surface area contributed by atoms with Gasteiger partial charge in [-0.25, -0.2) is 0 Å². The molecule has 0 aliphatic heterocycles. The Kier molecular flexibility index (Phi) is 12.8. The summed E-state index contributed by atoms with van der Waals surface area (Å²) in [7, 11) is -5.75. The van der Waals surface area contributed by atoms with E-state index in [2.05, 4.69) is 204 Å². The third kappa shape index (κ3) is 8.89. The number of phenols is 2. The van der Waals surface area contributed by atoms with E-state index >= 15 is 0 Å². The van der Waals surface area contributed by atoms with Crippen LogP contribution in [0.15, 0.2) is 155 Å². The zero-order valence-corrected chi connectivity index (χ0v) is 39.7. The molecule has 0 atom stereocenters. The summed E-state index contributed by atoms with van der Waals surface area (Å²) < 4.78 is 11.8. The van der Waals surface area contributed by atoms with Gasteiger partial charge in [-0.05, 0) is 44.9 Å². The number of hydrogen-bond donors (Lipinski definition) is 2. The average molecular weight is 837 g/mol. The maximum Gasteiger partial charge on any atom is 0.129 e. The highest BCUT2D eigenvalue weighted by molar-refractivity contribution is 7.88. The highest BCUT2D eigenvalue weighted by atomic mass is 31.2. The minimum Gasteiger partial charge on any atom is -0.507 e. The summed E-state index contributed by atoms with van der Waals surface area (Å²) in [6, 6.07) is 51.1. The van der Waals surface area contributed by atoms with Gasteiger partial charge in [-0.1, -0.05) is 217 Å². The maximum atomic E-state index is 12.6. The van der Waals surface area contributed by atoms with Gasteiger partial charge in [0.05, 0.1) is 27.2 Å². The van der Waals surface area contributed by atoms with Gasteiger partial charge in [0.1, 0.15) is 11.5 Å². The van der Waals surface area contributed by atoms with Gasteiger partial charge in [-0.3, -0.25) is 9.49 Å². The fourth-order valence-electron chi connectivity index (χ4n) is 8.04. The Morgan fingerprint density at radius 3 is 0.833 bits per heavy atom. The van der Waals surface area contributed by atoms with Crippen LogP contribution in [0.4, 0.5) is 0 Å². The van der Waals surface area contributed by atoms with E-state index in [0.29, 0.717) is 24.6 Å². The highest BCUT2D eigenvalue weighted by Gasteiger charge is 2.37. The monoisotopic (exact) mass is 836 g/mol. The van der Waals surface area contributed by atoms with Crippen molar-refractivity contribution in [1.29, 1.82) is 0 Å². The third-order valence-electron chi connectivity index (χ3n) is 11.5. The average Bonchev–Trinajstić information content (AvgIpc) is 3.20. The molecule has 6 heteroatoms. The minimum absolute atomic E-state index is 0.175. The SMILES string of the molecule is CC(C)(C)c1cc(C(C)(C)C)c(O)c(P(=NCCN=P(c2ccccc2)(c2ccccc2)c2cc(C(C)(C)C)cc(C(C)(C)C)c2O)(c2ccccc2)c2ccccc2)c1. The molecular weight excluding hydrogens is 771 g/mol. The Morgan fingerprint density at radius 1 is 0.367 bits per heavy atom. The molecule has 2 N–H and O–H groups in total. The van der Waals surface area contributed by atoms with Crippen LogP contribution in [0, 0.1) is 0 Å². The molecule has 0 bridgehead atoms. The van der Waals surface area contributed by atoms with E-state index in [0.717, 1.165) is 43.0 Å². The highest BCUT2D eigenvalue weighted by Crippen LogP contribution is 2.53. The number of hydrogen-bond acceptors (Lipinski definition) is 4. The number of benzene rings is 6. The molecule has 0 aromatic heterocycles. The van der Waals surface area contributed by atoms with Crippen molar-refractivity contribution in [3.05, 3.63) is 168 Å². The van der Waals surface area contributed by atoms with Crippen molar-refractivity contribution >= 4 is 45.9 Å². The van der Waals surface area contributed by atoms with Gasteiger partial charge in [-0.15, -0.1) is 0 Å². The van der Waals surface area contributed by atoms with E-state index in [1.807, 2.05) is 24.3 Å². The predicted molar refractivity (Wildman–Crippen MR) is 263 cm³/mol. The summed E-state index contributed by atoms with van der Waals surface area (Å²) in [6.45, 7) is 27.3. The van der Waals surface area contributed by atoms with E-state index in [4.69, 9.17) is 9.49 Å². The van der Waals surface area contributed by atoms with Gasteiger partial charge in [0.25, 0.3) is 0 Å². The van der Waals surface area contributed by atoms with Crippen LogP contribution in [0.3, 0.4) is 0 Å². The lowest BCUT2D eigenvalue weighted by atomic mass is 9.80. The smallest absolute Gasteiger partial charge is 0.129 e. The zero-order chi connectivity index (χ0) is 43.7. The van der Waals surface area contributed by atoms with Crippen molar-refractivity contribution in [3.63, 3.8) is 0 Å². The molecule has 0 aliphatic rings. The van der Waals surface area contributed by atoms with E-state index in [1.165, 1.54) is 11.1 Å². The van der Waals surface area contributed by atoms with Crippen LogP contribution in [-0.2, 0) is 21.7 Å². The predicted octanol–water partition coefficient (Wildman–Crippen LogP) is 11.9. The molecule has 0 fully saturated rings. The van der Waals surface area contributed by atoms with Crippen LogP contribution in [0.25, 0.3) is 0 Å². The molecule has 6 aromatic rings. The molecule has 0 unspecified atom stereocenters. The first kappa shape index (κ1) is 44.9. The minimum atomic E-state index is -2.87. The van der Waals surface area contributed by atoms with Crippen LogP contribution in [0.2, 0.25) is 0 Å². The van der Waals surface area contributed by atoms with E-state index < -0.39 is 14.1 Å². The number of aromatic hydroxyl groups is 2. The molecule has 0 saturated carbocycles. The van der Waals surface area contributed by atoms with Gasteiger partial charge in [0.15, 0.2) is 0 Å². The van der Waals surface area contributed by atoms with Crippen LogP contribution < -0.4 is 31.8 Å². The van der Waals surface area contributed by atoms with Crippen molar-refractivity contribution in [2.75, 3.05) is 13.1 Å². The van der Waals surface area contributed by atoms with Gasteiger partial charge in [0.2, 0.25) is 0 Å². The Morgan fingerprint density at radius 2 is 0.617 bits per heavy atom. The standard InChI is InChI=1S/C54H66N2O2P2/c1-51(2,3)39-35-45(53(7,8)9)49(57)47(37-39)59(41-25-17-13-18-26-41,42-27-19-14-20-28-42)55-33-34-56-60(43-29-21-15-22-30-43,44-31-23-16-24-32-44)48-38-40(52(4,5)6)36-46(50(48)58)54(10,11)12/h13-32,35-38,57-58H,33-34H2,1-12H3. The molecule has 0 heterocycles. The first-order valence-corrected chi connectivity index (χ1v) is 24.8. The first-order valence-electron chi connectivity index (χ1n) is 21.3. The fourth-order valence-corrected chi connectivity index (χ4v) is 15.4.